The first-order chi connectivity index (χ1) is 7.16. The maximum Gasteiger partial charge on any atom is 0.213 e. The molecule has 15 heavy (non-hydrogen) atoms. The number of nitrogens with one attached hydrogen (secondary N) is 1. The van der Waals surface area contributed by atoms with E-state index in [2.05, 4.69) is 19.0 Å². The van der Waals surface area contributed by atoms with Gasteiger partial charge in [0.1, 0.15) is 5.76 Å². The van der Waals surface area contributed by atoms with Crippen LogP contribution in [-0.4, -0.2) is 13.7 Å². The van der Waals surface area contributed by atoms with E-state index in [1.165, 1.54) is 0 Å². The number of aromatic nitrogens is 3. The summed E-state index contributed by atoms with van der Waals surface area (Å²) in [5.41, 5.74) is 0.897. The lowest BCUT2D eigenvalue weighted by Crippen LogP contribution is -2.00. The summed E-state index contributed by atoms with van der Waals surface area (Å²) < 4.78 is 13.2. The number of aryl methyl sites for hydroxylation is 2. The molecule has 2 rings (SSSR count). The number of rotatable bonds is 3. The molecule has 0 atom stereocenters. The third-order valence-corrected chi connectivity index (χ3v) is 2.82. The number of oxazole rings is 1. The lowest BCUT2D eigenvalue weighted by Gasteiger charge is -1.97. The van der Waals surface area contributed by atoms with Crippen molar-refractivity contribution >= 4 is 29.1 Å². The molecule has 0 unspecified atom stereocenters. The molecular weight excluding hydrogens is 236 g/mol. The van der Waals surface area contributed by atoms with E-state index in [0.29, 0.717) is 23.4 Å². The topological polar surface area (TPSA) is 63.8 Å². The quantitative estimate of drug-likeness (QED) is 0.898. The molecule has 2 aromatic heterocycles. The van der Waals surface area contributed by atoms with Crippen LogP contribution in [0.4, 0.5) is 5.82 Å². The molecule has 0 fully saturated rings. The second-order valence-electron chi connectivity index (χ2n) is 3.01. The van der Waals surface area contributed by atoms with Crippen molar-refractivity contribution in [2.75, 3.05) is 5.32 Å². The van der Waals surface area contributed by atoms with Crippen LogP contribution < -0.4 is 5.32 Å². The van der Waals surface area contributed by atoms with Crippen molar-refractivity contribution in [3.63, 3.8) is 0 Å². The molecule has 0 aliphatic rings. The zero-order valence-corrected chi connectivity index (χ0v) is 9.82. The van der Waals surface area contributed by atoms with Crippen molar-refractivity contribution in [3.05, 3.63) is 22.5 Å². The monoisotopic (exact) mass is 244 g/mol. The molecule has 7 heteroatoms. The van der Waals surface area contributed by atoms with Gasteiger partial charge in [-0.3, -0.25) is 0 Å². The Balaban J connectivity index is 2.02. The van der Waals surface area contributed by atoms with Gasteiger partial charge in [-0.05, 0) is 13.8 Å². The Labute approximate surface area is 95.8 Å². The third-order valence-electron chi connectivity index (χ3n) is 1.93. The molecule has 0 aliphatic carbocycles. The Kier molecular flexibility index (Phi) is 2.88. The molecule has 0 aromatic carbocycles. The average Bonchev–Trinajstić information content (AvgIpc) is 2.72. The summed E-state index contributed by atoms with van der Waals surface area (Å²) in [7, 11) is 0. The minimum absolute atomic E-state index is 0.375. The van der Waals surface area contributed by atoms with E-state index in [0.717, 1.165) is 23.2 Å². The van der Waals surface area contributed by atoms with Crippen molar-refractivity contribution in [2.45, 2.75) is 20.4 Å². The van der Waals surface area contributed by atoms with E-state index in [1.807, 2.05) is 13.8 Å². The molecule has 1 N–H and O–H groups in total. The first-order valence-electron chi connectivity index (χ1n) is 4.31. The molecule has 80 valence electrons. The van der Waals surface area contributed by atoms with Crippen LogP contribution in [0.25, 0.3) is 0 Å². The third kappa shape index (κ3) is 2.27. The largest absolute Gasteiger partial charge is 0.444 e. The first kappa shape index (κ1) is 10.4. The van der Waals surface area contributed by atoms with Crippen LogP contribution in [0.15, 0.2) is 4.42 Å². The normalized spacial score (nSPS) is 10.6. The minimum atomic E-state index is 0.375. The van der Waals surface area contributed by atoms with E-state index in [-0.39, 0.29) is 0 Å². The number of halogens is 1. The number of hydrogen-bond acceptors (Lipinski definition) is 6. The molecule has 0 spiro atoms. The highest BCUT2D eigenvalue weighted by Crippen LogP contribution is 2.18. The molecule has 0 saturated carbocycles. The highest BCUT2D eigenvalue weighted by Gasteiger charge is 2.08. The summed E-state index contributed by atoms with van der Waals surface area (Å²) in [6.07, 6.45) is 0. The predicted octanol–water partition coefficient (Wildman–Crippen LogP) is 2.41. The Morgan fingerprint density at radius 3 is 2.73 bits per heavy atom. The van der Waals surface area contributed by atoms with Crippen LogP contribution in [0, 0.1) is 13.8 Å². The number of hydrogen-bond donors (Lipinski definition) is 1. The smallest absolute Gasteiger partial charge is 0.213 e. The molecule has 0 saturated heterocycles. The van der Waals surface area contributed by atoms with Crippen LogP contribution in [0.3, 0.4) is 0 Å². The van der Waals surface area contributed by atoms with E-state index in [4.69, 9.17) is 16.0 Å². The van der Waals surface area contributed by atoms with E-state index >= 15 is 0 Å². The summed E-state index contributed by atoms with van der Waals surface area (Å²) in [6.45, 7) is 4.24. The van der Waals surface area contributed by atoms with Gasteiger partial charge in [0.15, 0.2) is 11.0 Å². The summed E-state index contributed by atoms with van der Waals surface area (Å²) in [6, 6.07) is 0. The molecule has 2 aromatic rings. The molecule has 0 radical (unpaired) electrons. The second-order valence-corrected chi connectivity index (χ2v) is 3.89. The average molecular weight is 245 g/mol. The maximum atomic E-state index is 5.77. The SMILES string of the molecule is Cc1nc(CNc2nsnc2Cl)oc1C. The maximum absolute atomic E-state index is 5.77. The van der Waals surface area contributed by atoms with Gasteiger partial charge in [-0.1, -0.05) is 11.6 Å². The summed E-state index contributed by atoms with van der Waals surface area (Å²) >= 11 is 6.83. The minimum Gasteiger partial charge on any atom is -0.444 e. The zero-order chi connectivity index (χ0) is 10.8. The molecule has 0 amide bonds. The molecule has 0 aliphatic heterocycles. The highest BCUT2D eigenvalue weighted by molar-refractivity contribution is 6.99. The van der Waals surface area contributed by atoms with Gasteiger partial charge in [-0.25, -0.2) is 4.98 Å². The number of nitrogens with zero attached hydrogens (tertiary/aromatic N) is 3. The van der Waals surface area contributed by atoms with Crippen molar-refractivity contribution in [3.8, 4) is 0 Å². The Bertz CT molecular complexity index is 447. The van der Waals surface area contributed by atoms with Gasteiger partial charge in [0.25, 0.3) is 0 Å². The van der Waals surface area contributed by atoms with E-state index in [1.54, 1.807) is 0 Å². The fraction of sp³-hybridized carbons (Fsp3) is 0.375. The van der Waals surface area contributed by atoms with Crippen LogP contribution in [0.2, 0.25) is 5.15 Å². The Morgan fingerprint density at radius 2 is 2.20 bits per heavy atom. The fourth-order valence-electron chi connectivity index (χ4n) is 1.06. The van der Waals surface area contributed by atoms with Gasteiger partial charge in [0.05, 0.1) is 24.0 Å². The van der Waals surface area contributed by atoms with Gasteiger partial charge >= 0.3 is 0 Å². The van der Waals surface area contributed by atoms with Crippen LogP contribution in [0.5, 0.6) is 0 Å². The zero-order valence-electron chi connectivity index (χ0n) is 8.24. The highest BCUT2D eigenvalue weighted by atomic mass is 35.5. The summed E-state index contributed by atoms with van der Waals surface area (Å²) in [4.78, 5) is 4.22. The van der Waals surface area contributed by atoms with Crippen molar-refractivity contribution in [1.29, 1.82) is 0 Å². The standard InChI is InChI=1S/C8H9ClN4OS/c1-4-5(2)14-6(11-4)3-10-8-7(9)12-15-13-8/h3H2,1-2H3,(H,10,13). The van der Waals surface area contributed by atoms with Crippen LogP contribution in [0.1, 0.15) is 17.3 Å². The number of anilines is 1. The first-order valence-corrected chi connectivity index (χ1v) is 5.42. The summed E-state index contributed by atoms with van der Waals surface area (Å²) in [5, 5.41) is 3.37. The molecule has 5 nitrogen and oxygen atoms in total. The lowest BCUT2D eigenvalue weighted by atomic mass is 10.4. The van der Waals surface area contributed by atoms with Crippen LogP contribution in [-0.2, 0) is 6.54 Å². The fourth-order valence-corrected chi connectivity index (χ4v) is 1.74. The van der Waals surface area contributed by atoms with Gasteiger partial charge in [-0.15, -0.1) is 0 Å². The van der Waals surface area contributed by atoms with Gasteiger partial charge in [0.2, 0.25) is 5.89 Å². The van der Waals surface area contributed by atoms with Crippen molar-refractivity contribution in [2.24, 2.45) is 0 Å². The van der Waals surface area contributed by atoms with Crippen LogP contribution >= 0.6 is 23.3 Å². The van der Waals surface area contributed by atoms with E-state index in [9.17, 15) is 0 Å². The Hall–Kier alpha value is -1.14. The van der Waals surface area contributed by atoms with Crippen molar-refractivity contribution in [1.82, 2.24) is 13.7 Å². The lowest BCUT2D eigenvalue weighted by molar-refractivity contribution is 0.478. The van der Waals surface area contributed by atoms with Crippen molar-refractivity contribution < 1.29 is 4.42 Å². The van der Waals surface area contributed by atoms with Gasteiger partial charge in [0, 0.05) is 0 Å². The molecule has 0 bridgehead atoms. The predicted molar refractivity (Wildman–Crippen MR) is 58.2 cm³/mol. The molecule has 2 heterocycles. The van der Waals surface area contributed by atoms with Gasteiger partial charge in [-0.2, -0.15) is 8.75 Å². The Morgan fingerprint density at radius 1 is 1.40 bits per heavy atom. The second kappa shape index (κ2) is 4.16. The van der Waals surface area contributed by atoms with Gasteiger partial charge < -0.3 is 9.73 Å². The summed E-state index contributed by atoms with van der Waals surface area (Å²) in [5.74, 6) is 2.01. The van der Waals surface area contributed by atoms with E-state index < -0.39 is 0 Å². The molecular formula is C8H9ClN4OS.